The summed E-state index contributed by atoms with van der Waals surface area (Å²) in [4.78, 5) is 21.9. The number of anilines is 1. The van der Waals surface area contributed by atoms with Gasteiger partial charge in [0.15, 0.2) is 11.6 Å². The summed E-state index contributed by atoms with van der Waals surface area (Å²) < 4.78 is 26.9. The third-order valence-corrected chi connectivity index (χ3v) is 2.55. The third kappa shape index (κ3) is 4.18. The van der Waals surface area contributed by atoms with E-state index in [1.165, 1.54) is 0 Å². The van der Waals surface area contributed by atoms with Crippen LogP contribution in [-0.2, 0) is 4.79 Å². The van der Waals surface area contributed by atoms with Crippen molar-refractivity contribution in [3.63, 3.8) is 0 Å². The second kappa shape index (κ2) is 7.42. The molecule has 0 saturated heterocycles. The summed E-state index contributed by atoms with van der Waals surface area (Å²) in [5, 5.41) is 13.8. The molecule has 0 aromatic heterocycles. The van der Waals surface area contributed by atoms with E-state index < -0.39 is 23.2 Å². The number of aromatic carboxylic acids is 1. The molecule has 0 fully saturated rings. The molecule has 0 unspecified atom stereocenters. The summed E-state index contributed by atoms with van der Waals surface area (Å²) in [6.07, 6.45) is 0.928. The highest BCUT2D eigenvalue weighted by molar-refractivity contribution is 5.88. The Morgan fingerprint density at radius 1 is 1.20 bits per heavy atom. The second-order valence-corrected chi connectivity index (χ2v) is 4.12. The first-order valence-corrected chi connectivity index (χ1v) is 6.19. The van der Waals surface area contributed by atoms with Gasteiger partial charge in [-0.15, -0.1) is 0 Å². The lowest BCUT2D eigenvalue weighted by molar-refractivity contribution is -0.120. The summed E-state index contributed by atoms with van der Waals surface area (Å²) >= 11 is 0. The van der Waals surface area contributed by atoms with Gasteiger partial charge in [0.25, 0.3) is 0 Å². The lowest BCUT2D eigenvalue weighted by Crippen LogP contribution is -2.26. The van der Waals surface area contributed by atoms with Gasteiger partial charge in [0.2, 0.25) is 5.91 Å². The molecule has 0 bridgehead atoms. The van der Waals surface area contributed by atoms with Crippen LogP contribution in [0.4, 0.5) is 14.5 Å². The average molecular weight is 286 g/mol. The SMILES string of the molecule is CCCNC(=O)CCNc1ccc(C(=O)O)c(F)c1F. The molecule has 110 valence electrons. The molecule has 1 amide bonds. The fourth-order valence-corrected chi connectivity index (χ4v) is 1.51. The molecule has 0 aliphatic heterocycles. The van der Waals surface area contributed by atoms with Gasteiger partial charge in [-0.05, 0) is 18.6 Å². The molecule has 1 rings (SSSR count). The van der Waals surface area contributed by atoms with Crippen LogP contribution < -0.4 is 10.6 Å². The van der Waals surface area contributed by atoms with Crippen LogP contribution in [0.1, 0.15) is 30.1 Å². The number of hydrogen-bond donors (Lipinski definition) is 3. The van der Waals surface area contributed by atoms with Crippen LogP contribution in [0.25, 0.3) is 0 Å². The number of halogens is 2. The number of nitrogens with one attached hydrogen (secondary N) is 2. The first-order chi connectivity index (χ1) is 9.47. The summed E-state index contributed by atoms with van der Waals surface area (Å²) in [7, 11) is 0. The van der Waals surface area contributed by atoms with Crippen LogP contribution in [0.15, 0.2) is 12.1 Å². The Bertz CT molecular complexity index is 507. The number of carboxylic acids is 1. The zero-order valence-corrected chi connectivity index (χ0v) is 11.0. The van der Waals surface area contributed by atoms with Gasteiger partial charge in [0.1, 0.15) is 0 Å². The number of rotatable bonds is 7. The molecule has 0 radical (unpaired) electrons. The lowest BCUT2D eigenvalue weighted by atomic mass is 10.2. The molecule has 20 heavy (non-hydrogen) atoms. The van der Waals surface area contributed by atoms with E-state index in [1.807, 2.05) is 6.92 Å². The van der Waals surface area contributed by atoms with Gasteiger partial charge >= 0.3 is 5.97 Å². The van der Waals surface area contributed by atoms with Crippen molar-refractivity contribution in [1.82, 2.24) is 5.32 Å². The Hall–Kier alpha value is -2.18. The maximum atomic E-state index is 13.5. The lowest BCUT2D eigenvalue weighted by Gasteiger charge is -2.09. The van der Waals surface area contributed by atoms with Crippen molar-refractivity contribution in [3.05, 3.63) is 29.3 Å². The minimum atomic E-state index is -1.54. The first kappa shape index (κ1) is 15.9. The van der Waals surface area contributed by atoms with Crippen LogP contribution in [0.2, 0.25) is 0 Å². The monoisotopic (exact) mass is 286 g/mol. The van der Waals surface area contributed by atoms with E-state index in [1.54, 1.807) is 0 Å². The minimum absolute atomic E-state index is 0.113. The molecule has 3 N–H and O–H groups in total. The number of carboxylic acid groups (broad SMARTS) is 1. The van der Waals surface area contributed by atoms with E-state index >= 15 is 0 Å². The number of benzene rings is 1. The van der Waals surface area contributed by atoms with Gasteiger partial charge in [0, 0.05) is 19.5 Å². The Morgan fingerprint density at radius 3 is 2.50 bits per heavy atom. The maximum Gasteiger partial charge on any atom is 0.338 e. The first-order valence-electron chi connectivity index (χ1n) is 6.19. The highest BCUT2D eigenvalue weighted by Gasteiger charge is 2.17. The molecule has 0 heterocycles. The van der Waals surface area contributed by atoms with Crippen LogP contribution >= 0.6 is 0 Å². The normalized spacial score (nSPS) is 10.2. The zero-order valence-electron chi connectivity index (χ0n) is 11.0. The van der Waals surface area contributed by atoms with E-state index in [0.717, 1.165) is 18.6 Å². The molecular formula is C13H16F2N2O3. The van der Waals surface area contributed by atoms with E-state index in [9.17, 15) is 18.4 Å². The molecule has 5 nitrogen and oxygen atoms in total. The topological polar surface area (TPSA) is 78.4 Å². The number of amides is 1. The summed E-state index contributed by atoms with van der Waals surface area (Å²) in [5.41, 5.74) is -0.899. The molecule has 7 heteroatoms. The van der Waals surface area contributed by atoms with Crippen LogP contribution in [0.3, 0.4) is 0 Å². The van der Waals surface area contributed by atoms with Crippen molar-refractivity contribution in [2.45, 2.75) is 19.8 Å². The van der Waals surface area contributed by atoms with E-state index in [2.05, 4.69) is 10.6 Å². The van der Waals surface area contributed by atoms with Gasteiger partial charge < -0.3 is 15.7 Å². The molecule has 0 aliphatic rings. The predicted molar refractivity (Wildman–Crippen MR) is 69.7 cm³/mol. The largest absolute Gasteiger partial charge is 0.478 e. The highest BCUT2D eigenvalue weighted by Crippen LogP contribution is 2.20. The van der Waals surface area contributed by atoms with Gasteiger partial charge in [-0.3, -0.25) is 4.79 Å². The van der Waals surface area contributed by atoms with Crippen molar-refractivity contribution in [2.24, 2.45) is 0 Å². The van der Waals surface area contributed by atoms with Gasteiger partial charge in [-0.1, -0.05) is 6.92 Å². The van der Waals surface area contributed by atoms with Crippen molar-refractivity contribution < 1.29 is 23.5 Å². The average Bonchev–Trinajstić information content (AvgIpc) is 2.40. The molecule has 0 saturated carbocycles. The van der Waals surface area contributed by atoms with Gasteiger partial charge in [-0.25, -0.2) is 13.6 Å². The maximum absolute atomic E-state index is 13.5. The number of hydrogen-bond acceptors (Lipinski definition) is 3. The molecular weight excluding hydrogens is 270 g/mol. The smallest absolute Gasteiger partial charge is 0.338 e. The molecule has 0 aliphatic carbocycles. The Morgan fingerprint density at radius 2 is 1.90 bits per heavy atom. The highest BCUT2D eigenvalue weighted by atomic mass is 19.2. The summed E-state index contributed by atoms with van der Waals surface area (Å²) in [6.45, 7) is 2.61. The van der Waals surface area contributed by atoms with Crippen molar-refractivity contribution >= 4 is 17.6 Å². The third-order valence-electron chi connectivity index (χ3n) is 2.55. The van der Waals surface area contributed by atoms with Crippen molar-refractivity contribution in [1.29, 1.82) is 0 Å². The molecule has 0 atom stereocenters. The fraction of sp³-hybridized carbons (Fsp3) is 0.385. The van der Waals surface area contributed by atoms with Crippen molar-refractivity contribution in [3.8, 4) is 0 Å². The number of carbonyl (C=O) groups is 2. The number of carbonyl (C=O) groups excluding carboxylic acids is 1. The van der Waals surface area contributed by atoms with E-state index in [-0.39, 0.29) is 24.6 Å². The second-order valence-electron chi connectivity index (χ2n) is 4.12. The standard InChI is InChI=1S/C13H16F2N2O3/c1-2-6-17-10(18)5-7-16-9-4-3-8(13(19)20)11(14)12(9)15/h3-4,16H,2,5-7H2,1H3,(H,17,18)(H,19,20). The van der Waals surface area contributed by atoms with Gasteiger partial charge in [-0.2, -0.15) is 0 Å². The molecule has 1 aromatic carbocycles. The van der Waals surface area contributed by atoms with E-state index in [0.29, 0.717) is 6.54 Å². The van der Waals surface area contributed by atoms with Crippen molar-refractivity contribution in [2.75, 3.05) is 18.4 Å². The van der Waals surface area contributed by atoms with Crippen LogP contribution in [0, 0.1) is 11.6 Å². The summed E-state index contributed by atoms with van der Waals surface area (Å²) in [6, 6.07) is 2.10. The van der Waals surface area contributed by atoms with Crippen LogP contribution in [-0.4, -0.2) is 30.1 Å². The van der Waals surface area contributed by atoms with Crippen LogP contribution in [0.5, 0.6) is 0 Å². The fourth-order valence-electron chi connectivity index (χ4n) is 1.51. The Kier molecular flexibility index (Phi) is 5.89. The zero-order chi connectivity index (χ0) is 15.1. The minimum Gasteiger partial charge on any atom is -0.478 e. The Labute approximate surface area is 115 Å². The predicted octanol–water partition coefficient (Wildman–Crippen LogP) is 1.99. The van der Waals surface area contributed by atoms with Gasteiger partial charge in [0.05, 0.1) is 11.3 Å². The quantitative estimate of drug-likeness (QED) is 0.716. The molecule has 0 spiro atoms. The Balaban J connectivity index is 2.59. The summed E-state index contributed by atoms with van der Waals surface area (Å²) in [5.74, 6) is -4.41. The molecule has 1 aromatic rings. The van der Waals surface area contributed by atoms with E-state index in [4.69, 9.17) is 5.11 Å².